The first kappa shape index (κ1) is 88.8. The van der Waals surface area contributed by atoms with Gasteiger partial charge in [0.1, 0.15) is 64.9 Å². The molecular weight excluding hydrogens is 1750 g/mol. The topological polar surface area (TPSA) is 433 Å². The van der Waals surface area contributed by atoms with E-state index in [1.807, 2.05) is 81.1 Å². The maximum atomic E-state index is 12.5. The average molecular weight is 1860 g/mol. The number of likely N-dealkylation sites (tertiary alicyclic amines) is 1. The van der Waals surface area contributed by atoms with E-state index >= 15 is 0 Å². The zero-order valence-corrected chi connectivity index (χ0v) is 77.0. The highest BCUT2D eigenvalue weighted by molar-refractivity contribution is 7.08. The minimum absolute atomic E-state index is 0.104. The minimum Gasteiger partial charge on any atom is -0.392 e. The van der Waals surface area contributed by atoms with Gasteiger partial charge in [-0.3, -0.25) is 24.0 Å². The number of anilines is 10. The fourth-order valence-electron chi connectivity index (χ4n) is 14.4. The maximum Gasteiger partial charge on any atom is 0.305 e. The molecule has 0 amide bonds. The fourth-order valence-corrected chi connectivity index (χ4v) is 18.0. The van der Waals surface area contributed by atoms with Gasteiger partial charge < -0.3 is 86.8 Å². The molecule has 678 valence electrons. The van der Waals surface area contributed by atoms with E-state index in [2.05, 4.69) is 185 Å². The van der Waals surface area contributed by atoms with Crippen molar-refractivity contribution >= 4 is 206 Å². The summed E-state index contributed by atoms with van der Waals surface area (Å²) < 4.78 is 25.4. The van der Waals surface area contributed by atoms with Crippen LogP contribution in [0, 0.1) is 0 Å². The molecule has 5 saturated carbocycles. The van der Waals surface area contributed by atoms with Crippen LogP contribution in [0.1, 0.15) is 119 Å². The number of aromatic nitrogens is 20. The van der Waals surface area contributed by atoms with Crippen LogP contribution in [0.5, 0.6) is 0 Å². The average Bonchev–Trinajstić information content (AvgIpc) is 1.69. The molecule has 21 rings (SSSR count). The number of nitrogens with zero attached hydrogens (tertiary/aromatic N) is 19. The van der Waals surface area contributed by atoms with Crippen LogP contribution in [0.25, 0.3) is 91.5 Å². The highest BCUT2D eigenvalue weighted by atomic mass is 32.1. The predicted molar refractivity (Wildman–Crippen MR) is 521 cm³/mol. The van der Waals surface area contributed by atoms with E-state index in [1.165, 1.54) is 38.5 Å². The van der Waals surface area contributed by atoms with Gasteiger partial charge in [0.25, 0.3) is 0 Å². The van der Waals surface area contributed by atoms with Gasteiger partial charge >= 0.3 is 24.4 Å². The first-order valence-electron chi connectivity index (χ1n) is 43.0. The summed E-state index contributed by atoms with van der Waals surface area (Å²) in [6, 6.07) is 12.8. The lowest BCUT2D eigenvalue weighted by molar-refractivity contribution is 0.208. The van der Waals surface area contributed by atoms with E-state index in [0.29, 0.717) is 92.5 Å². The van der Waals surface area contributed by atoms with Crippen molar-refractivity contribution in [2.75, 3.05) is 126 Å². The molecule has 130 heavy (non-hydrogen) atoms. The van der Waals surface area contributed by atoms with Crippen LogP contribution in [0.15, 0.2) is 85.3 Å². The summed E-state index contributed by atoms with van der Waals surface area (Å²) in [6.07, 6.45) is 30.5. The van der Waals surface area contributed by atoms with Crippen molar-refractivity contribution in [3.05, 3.63) is 187 Å². The number of halogens is 1. The van der Waals surface area contributed by atoms with E-state index in [4.69, 9.17) is 15.0 Å². The van der Waals surface area contributed by atoms with Gasteiger partial charge in [0, 0.05) is 148 Å². The molecule has 16 heterocycles. The van der Waals surface area contributed by atoms with E-state index in [9.17, 15) is 33.5 Å². The smallest absolute Gasteiger partial charge is 0.305 e. The van der Waals surface area contributed by atoms with Crippen molar-refractivity contribution in [3.63, 3.8) is 0 Å². The van der Waals surface area contributed by atoms with Gasteiger partial charge in [-0.15, -0.1) is 0 Å². The lowest BCUT2D eigenvalue weighted by Gasteiger charge is -2.26. The Labute approximate surface area is 760 Å². The molecule has 15 aromatic heterocycles. The lowest BCUT2D eigenvalue weighted by atomic mass is 10.2. The van der Waals surface area contributed by atoms with Crippen LogP contribution < -0.4 is 126 Å². The number of alkyl halides is 1. The quantitative estimate of drug-likeness (QED) is 0.0352. The van der Waals surface area contributed by atoms with Crippen LogP contribution in [0.2, 0.25) is 0 Å². The highest BCUT2D eigenvalue weighted by Crippen LogP contribution is 2.34. The highest BCUT2D eigenvalue weighted by Gasteiger charge is 2.31. The molecular formula is C87H102FN31O6S5. The Bertz CT molecular complexity index is 7670. The first-order valence-corrected chi connectivity index (χ1v) is 47.1. The molecule has 1 saturated heterocycles. The number of H-pyrrole nitrogens is 5. The summed E-state index contributed by atoms with van der Waals surface area (Å²) in [5, 5.41) is 58.6. The van der Waals surface area contributed by atoms with Crippen molar-refractivity contribution in [1.29, 1.82) is 0 Å². The van der Waals surface area contributed by atoms with Crippen LogP contribution in [-0.4, -0.2) is 224 Å². The third-order valence-electron chi connectivity index (χ3n) is 22.1. The molecule has 37 nitrogen and oxygen atoms in total. The monoisotopic (exact) mass is 1860 g/mol. The number of nitrogens with one attached hydrogen (secondary N) is 12. The van der Waals surface area contributed by atoms with Crippen molar-refractivity contribution in [1.82, 2.24) is 103 Å². The first-order chi connectivity index (χ1) is 62.7. The molecule has 1 aliphatic heterocycles. The standard InChI is InChI=1S/C20H25N7OS.C18H22N6OS.C17H20N6O2S.C16H17FN6OS.C16H18N6OS/c1-12-16(29-20(28)22-12)8-13-10-21-27-18(23-14-4-5-14)9-17(24-19(13)27)26(3)15-6-7-25(2)11-15;1-4-23(5-2)15-9-16(21-13-6-7-13)24-17(22-15)12(10-19-24)8-14-11(3)20-18(25)26-14;1-9(24)7-18-14-6-15(21-12-3-4-12)23-16(22-14)11(8-19-23)5-13-10(2)20-17(25)26-13;1-9-12(25-16(24)20-9)6-10-8-19-23-14(21-11-2-3-11)7-13(18-5-4-17)22-15(10)23;1-9-12(24-16(23)18-9)6-10-8-17-22-14(19-11-4-5-11)7-13(21(2)3)20-15(10)22/h8-10,14-15,23H,1,4-7,11H2,2-3H3,(H,22,28);8-10,13,21H,3-7H2,1-2H3,(H,20,25);5-6,8-9,12,21,24H,2-4,7H2,1H3,(H,18,22)(H,20,25);6-8,11,21H,1-5H2,(H,18,22)(H,20,24);6-8,11,19H,1,4-5H2,2-3H3,(H,18,23)/b16-8-;14-8-;13-5-;2*12-6-. The number of aliphatic hydroxyl groups is 1. The van der Waals surface area contributed by atoms with Crippen LogP contribution in [-0.2, 0) is 0 Å². The van der Waals surface area contributed by atoms with E-state index in [-0.39, 0.29) is 30.9 Å². The lowest BCUT2D eigenvalue weighted by Crippen LogP contribution is -2.34. The molecule has 0 bridgehead atoms. The number of aromatic amines is 5. The molecule has 0 aromatic carbocycles. The Morgan fingerprint density at radius 1 is 0.446 bits per heavy atom. The second-order valence-corrected chi connectivity index (χ2v) is 38.1. The molecule has 43 heteroatoms. The largest absolute Gasteiger partial charge is 0.392 e. The molecule has 0 spiro atoms. The summed E-state index contributed by atoms with van der Waals surface area (Å²) in [6.45, 7) is 29.4. The minimum atomic E-state index is -0.477. The summed E-state index contributed by atoms with van der Waals surface area (Å²) in [4.78, 5) is 103. The molecule has 0 radical (unpaired) electrons. The Morgan fingerprint density at radius 2 is 0.738 bits per heavy atom. The number of hydrogen-bond acceptors (Lipinski definition) is 32. The van der Waals surface area contributed by atoms with Gasteiger partial charge in [-0.2, -0.15) is 48.1 Å². The SMILES string of the molecule is C=c1[nH]c(=O)s/c1=C\c1cnn2c(NC3CC3)cc(N(C)C)nc12.C=c1[nH]c(=O)s/c1=C\c1cnn2c(NC3CC3)cc(N(C)C3CCN(C)C3)nc12.C=c1[nH]c(=O)s/c1=C\c1cnn2c(NC3CC3)cc(N(CC)CC)nc12.C=c1[nH]c(=O)s/c1=C\c1cnn2c(NC3CC3)cc(NCC(C)O)nc12.C=c1[nH]c(=O)s/c1=C\c1cnn2c(NC3CC3)cc(NCCF)nc12. The molecule has 6 aliphatic rings. The third kappa shape index (κ3) is 21.2. The normalized spacial score (nSPS) is 16.5. The second-order valence-electron chi connectivity index (χ2n) is 33.1. The Morgan fingerprint density at radius 3 is 1.02 bits per heavy atom. The number of hydrogen-bond donors (Lipinski definition) is 13. The van der Waals surface area contributed by atoms with Gasteiger partial charge in [0.15, 0.2) is 28.2 Å². The number of fused-ring (bicyclic) bond motifs is 5. The van der Waals surface area contributed by atoms with Crippen molar-refractivity contribution in [3.8, 4) is 0 Å². The number of aliphatic hydroxyl groups excluding tert-OH is 1. The predicted octanol–water partition coefficient (Wildman–Crippen LogP) is 2.69. The third-order valence-corrected chi connectivity index (χ3v) is 26.5. The zero-order chi connectivity index (χ0) is 90.9. The Hall–Kier alpha value is -13.2. The maximum absolute atomic E-state index is 12.5. The van der Waals surface area contributed by atoms with Crippen LogP contribution >= 0.6 is 56.7 Å². The zero-order valence-electron chi connectivity index (χ0n) is 72.9. The molecule has 2 atom stereocenters. The summed E-state index contributed by atoms with van der Waals surface area (Å²) >= 11 is 5.63. The molecule has 5 aliphatic carbocycles. The van der Waals surface area contributed by atoms with Gasteiger partial charge in [0.2, 0.25) is 0 Å². The van der Waals surface area contributed by atoms with E-state index in [0.717, 1.165) is 229 Å². The van der Waals surface area contributed by atoms with Crippen molar-refractivity contribution < 1.29 is 9.50 Å². The van der Waals surface area contributed by atoms with Crippen molar-refractivity contribution in [2.24, 2.45) is 0 Å². The molecule has 2 unspecified atom stereocenters. The fraction of sp³-hybridized carbons (Fsp3) is 0.368. The summed E-state index contributed by atoms with van der Waals surface area (Å²) in [5.74, 6) is 8.48. The molecule has 15 aromatic rings. The summed E-state index contributed by atoms with van der Waals surface area (Å²) in [5.41, 5.74) is 7.79. The summed E-state index contributed by atoms with van der Waals surface area (Å²) in [7, 11) is 8.21. The van der Waals surface area contributed by atoms with E-state index in [1.54, 1.807) is 46.9 Å². The van der Waals surface area contributed by atoms with Gasteiger partial charge in [0.05, 0.1) is 86.5 Å². The van der Waals surface area contributed by atoms with E-state index < -0.39 is 12.8 Å². The van der Waals surface area contributed by atoms with Gasteiger partial charge in [-0.25, -0.2) is 29.3 Å². The van der Waals surface area contributed by atoms with Crippen LogP contribution in [0.4, 0.5) is 62.6 Å². The van der Waals surface area contributed by atoms with Gasteiger partial charge in [-0.1, -0.05) is 89.6 Å². The molecule has 6 fully saturated rings. The Kier molecular flexibility index (Phi) is 26.1. The van der Waals surface area contributed by atoms with Crippen LogP contribution in [0.3, 0.4) is 0 Å². The molecule has 13 N–H and O–H groups in total. The number of likely N-dealkylation sites (N-methyl/N-ethyl adjacent to an activating group) is 2. The Balaban J connectivity index is 0.000000114. The number of thiazole rings is 5. The van der Waals surface area contributed by atoms with Gasteiger partial charge in [-0.05, 0) is 135 Å². The number of rotatable bonds is 27. The van der Waals surface area contributed by atoms with Crippen molar-refractivity contribution in [2.45, 2.75) is 134 Å². The second kappa shape index (κ2) is 38.2.